The summed E-state index contributed by atoms with van der Waals surface area (Å²) in [6.07, 6.45) is 0. The normalized spacial score (nSPS) is 11.5. The molecule has 0 heterocycles. The molecule has 0 aliphatic rings. The molecular formula is C50H33N. The van der Waals surface area contributed by atoms with Crippen LogP contribution in [0.2, 0.25) is 0 Å². The average molecular weight is 648 g/mol. The van der Waals surface area contributed by atoms with Crippen LogP contribution in [0.5, 0.6) is 0 Å². The lowest BCUT2D eigenvalue weighted by atomic mass is 9.92. The molecular weight excluding hydrogens is 615 g/mol. The summed E-state index contributed by atoms with van der Waals surface area (Å²) in [4.78, 5) is 2.45. The molecule has 1 nitrogen and oxygen atoms in total. The Morgan fingerprint density at radius 2 is 0.765 bits per heavy atom. The Bertz CT molecular complexity index is 2890. The zero-order valence-electron chi connectivity index (χ0n) is 28.0. The van der Waals surface area contributed by atoms with Crippen molar-refractivity contribution in [2.45, 2.75) is 0 Å². The Morgan fingerprint density at radius 3 is 1.57 bits per heavy atom. The summed E-state index contributed by atoms with van der Waals surface area (Å²) in [6, 6.07) is 73.0. The van der Waals surface area contributed by atoms with Crippen LogP contribution in [0.4, 0.5) is 17.1 Å². The third-order valence-corrected chi connectivity index (χ3v) is 10.4. The molecule has 1 heteroatoms. The molecule has 10 aromatic rings. The Kier molecular flexibility index (Phi) is 6.89. The number of hydrogen-bond donors (Lipinski definition) is 0. The number of fused-ring (bicyclic) bond motifs is 8. The quantitative estimate of drug-likeness (QED) is 0.168. The first kappa shape index (κ1) is 29.2. The maximum atomic E-state index is 2.45. The van der Waals surface area contributed by atoms with Crippen molar-refractivity contribution < 1.29 is 0 Å². The van der Waals surface area contributed by atoms with Gasteiger partial charge in [0.1, 0.15) is 0 Å². The molecule has 0 aromatic heterocycles. The molecule has 0 N–H and O–H groups in total. The second kappa shape index (κ2) is 12.0. The number of anilines is 3. The number of benzene rings is 10. The maximum Gasteiger partial charge on any atom is 0.0540 e. The summed E-state index contributed by atoms with van der Waals surface area (Å²) < 4.78 is 0. The number of hydrogen-bond acceptors (Lipinski definition) is 1. The van der Waals surface area contributed by atoms with Gasteiger partial charge in [-0.2, -0.15) is 0 Å². The lowest BCUT2D eigenvalue weighted by Crippen LogP contribution is -2.11. The van der Waals surface area contributed by atoms with E-state index in [1.807, 2.05) is 0 Å². The molecule has 238 valence electrons. The topological polar surface area (TPSA) is 3.24 Å². The van der Waals surface area contributed by atoms with E-state index in [1.54, 1.807) is 0 Å². The van der Waals surface area contributed by atoms with Gasteiger partial charge in [-0.3, -0.25) is 0 Å². The summed E-state index contributed by atoms with van der Waals surface area (Å²) in [7, 11) is 0. The second-order valence-electron chi connectivity index (χ2n) is 13.3. The third kappa shape index (κ3) is 4.86. The van der Waals surface area contributed by atoms with Crippen molar-refractivity contribution in [3.05, 3.63) is 200 Å². The molecule has 0 unspecified atom stereocenters. The minimum absolute atomic E-state index is 1.11. The van der Waals surface area contributed by atoms with Gasteiger partial charge in [0, 0.05) is 16.6 Å². The zero-order chi connectivity index (χ0) is 33.7. The highest BCUT2D eigenvalue weighted by molar-refractivity contribution is 6.28. The molecule has 0 amide bonds. The van der Waals surface area contributed by atoms with E-state index in [9.17, 15) is 0 Å². The van der Waals surface area contributed by atoms with E-state index in [0.717, 1.165) is 17.1 Å². The standard InChI is InChI=1S/C50H33N/c1-2-12-35(13-3-1)43-18-8-9-22-47(43)51(40-31-28-37(29-32-40)42-20-10-16-34-14-4-6-17-41(34)42)48-23-11-21-46-45(48)33-30-39-27-26-38-25-24-36-15-5-7-19-44(36)49(38)50(39)46/h1-33H. The van der Waals surface area contributed by atoms with E-state index < -0.39 is 0 Å². The number of para-hydroxylation sites is 1. The van der Waals surface area contributed by atoms with E-state index >= 15 is 0 Å². The molecule has 51 heavy (non-hydrogen) atoms. The lowest BCUT2D eigenvalue weighted by Gasteiger charge is -2.29. The lowest BCUT2D eigenvalue weighted by molar-refractivity contribution is 1.30. The van der Waals surface area contributed by atoms with Crippen LogP contribution in [0.25, 0.3) is 76.1 Å². The monoisotopic (exact) mass is 647 g/mol. The van der Waals surface area contributed by atoms with Gasteiger partial charge in [-0.15, -0.1) is 0 Å². The van der Waals surface area contributed by atoms with E-state index in [4.69, 9.17) is 0 Å². The van der Waals surface area contributed by atoms with Gasteiger partial charge in [0.2, 0.25) is 0 Å². The van der Waals surface area contributed by atoms with Crippen LogP contribution in [0.1, 0.15) is 0 Å². The van der Waals surface area contributed by atoms with E-state index in [2.05, 4.69) is 205 Å². The molecule has 0 fully saturated rings. The molecule has 0 aliphatic carbocycles. The average Bonchev–Trinajstić information content (AvgIpc) is 3.21. The Morgan fingerprint density at radius 1 is 0.255 bits per heavy atom. The van der Waals surface area contributed by atoms with Crippen molar-refractivity contribution >= 4 is 70.9 Å². The first-order valence-electron chi connectivity index (χ1n) is 17.6. The van der Waals surface area contributed by atoms with Crippen molar-refractivity contribution in [2.24, 2.45) is 0 Å². The van der Waals surface area contributed by atoms with Crippen LogP contribution in [-0.2, 0) is 0 Å². The van der Waals surface area contributed by atoms with Crippen LogP contribution >= 0.6 is 0 Å². The van der Waals surface area contributed by atoms with Crippen LogP contribution in [-0.4, -0.2) is 0 Å². The van der Waals surface area contributed by atoms with Crippen molar-refractivity contribution in [2.75, 3.05) is 4.90 Å². The first-order valence-corrected chi connectivity index (χ1v) is 17.6. The van der Waals surface area contributed by atoms with Crippen LogP contribution < -0.4 is 4.90 Å². The largest absolute Gasteiger partial charge is 0.309 e. The Balaban J connectivity index is 1.24. The Hall–Kier alpha value is -6.70. The molecule has 0 saturated carbocycles. The molecule has 10 rings (SSSR count). The van der Waals surface area contributed by atoms with E-state index in [-0.39, 0.29) is 0 Å². The molecule has 0 bridgehead atoms. The highest BCUT2D eigenvalue weighted by Crippen LogP contribution is 2.46. The fourth-order valence-corrected chi connectivity index (χ4v) is 8.06. The van der Waals surface area contributed by atoms with Gasteiger partial charge >= 0.3 is 0 Å². The van der Waals surface area contributed by atoms with Crippen molar-refractivity contribution in [1.29, 1.82) is 0 Å². The van der Waals surface area contributed by atoms with E-state index in [1.165, 1.54) is 76.1 Å². The predicted octanol–water partition coefficient (Wildman–Crippen LogP) is 14.3. The van der Waals surface area contributed by atoms with Crippen molar-refractivity contribution in [3.63, 3.8) is 0 Å². The SMILES string of the molecule is c1ccc(-c2ccccc2N(c2ccc(-c3cccc4ccccc34)cc2)c2cccc3c2ccc2ccc4ccc5ccccc5c4c23)cc1. The van der Waals surface area contributed by atoms with Gasteiger partial charge in [-0.25, -0.2) is 0 Å². The molecule has 0 spiro atoms. The molecule has 0 atom stereocenters. The van der Waals surface area contributed by atoms with Crippen molar-refractivity contribution in [3.8, 4) is 22.3 Å². The van der Waals surface area contributed by atoms with Gasteiger partial charge in [0.15, 0.2) is 0 Å². The number of nitrogens with zero attached hydrogens (tertiary/aromatic N) is 1. The zero-order valence-corrected chi connectivity index (χ0v) is 28.0. The first-order chi connectivity index (χ1) is 25.3. The van der Waals surface area contributed by atoms with Crippen molar-refractivity contribution in [1.82, 2.24) is 0 Å². The maximum absolute atomic E-state index is 2.45. The third-order valence-electron chi connectivity index (χ3n) is 10.4. The summed E-state index contributed by atoms with van der Waals surface area (Å²) in [5.41, 5.74) is 8.21. The minimum Gasteiger partial charge on any atom is -0.309 e. The summed E-state index contributed by atoms with van der Waals surface area (Å²) in [5, 5.41) is 12.6. The highest BCUT2D eigenvalue weighted by Gasteiger charge is 2.20. The van der Waals surface area contributed by atoms with Gasteiger partial charge in [0.25, 0.3) is 0 Å². The summed E-state index contributed by atoms with van der Waals surface area (Å²) in [6.45, 7) is 0. The second-order valence-corrected chi connectivity index (χ2v) is 13.3. The molecule has 0 radical (unpaired) electrons. The predicted molar refractivity (Wildman–Crippen MR) is 220 cm³/mol. The van der Waals surface area contributed by atoms with E-state index in [0.29, 0.717) is 0 Å². The van der Waals surface area contributed by atoms with Gasteiger partial charge in [-0.05, 0) is 89.4 Å². The molecule has 0 saturated heterocycles. The smallest absolute Gasteiger partial charge is 0.0540 e. The summed E-state index contributed by atoms with van der Waals surface area (Å²) in [5.74, 6) is 0. The van der Waals surface area contributed by atoms with Crippen LogP contribution in [0.3, 0.4) is 0 Å². The van der Waals surface area contributed by atoms with Gasteiger partial charge < -0.3 is 4.90 Å². The molecule has 10 aromatic carbocycles. The Labute approximate surface area is 297 Å². The highest BCUT2D eigenvalue weighted by atomic mass is 15.1. The fraction of sp³-hybridized carbons (Fsp3) is 0. The summed E-state index contributed by atoms with van der Waals surface area (Å²) >= 11 is 0. The number of rotatable bonds is 5. The minimum atomic E-state index is 1.11. The van der Waals surface area contributed by atoms with Crippen LogP contribution in [0, 0.1) is 0 Å². The van der Waals surface area contributed by atoms with Gasteiger partial charge in [0.05, 0.1) is 11.4 Å². The fourth-order valence-electron chi connectivity index (χ4n) is 8.06. The molecule has 0 aliphatic heterocycles. The van der Waals surface area contributed by atoms with Gasteiger partial charge in [-0.1, -0.05) is 176 Å². The van der Waals surface area contributed by atoms with Crippen LogP contribution in [0.15, 0.2) is 200 Å².